The molecule has 1 atom stereocenters. The minimum Gasteiger partial charge on any atom is -0.345 e. The summed E-state index contributed by atoms with van der Waals surface area (Å²) in [7, 11) is 0. The number of amides is 2. The highest BCUT2D eigenvalue weighted by molar-refractivity contribution is 6.46. The zero-order valence-corrected chi connectivity index (χ0v) is 26.6. The van der Waals surface area contributed by atoms with Crippen LogP contribution in [0.1, 0.15) is 124 Å². The van der Waals surface area contributed by atoms with Crippen molar-refractivity contribution in [3.8, 4) is 0 Å². The highest BCUT2D eigenvalue weighted by atomic mass is 16.2. The second kappa shape index (κ2) is 12.3. The SMILES string of the molecule is CCCC[C@H](c1ccc(C(=O)NCC2=NNNN2)cc1)N1C(=O)C(c2cccc(C3CC3)c2)=NC12CCC(C(C)(C)C)CC2. The Morgan fingerprint density at radius 3 is 2.48 bits per heavy atom. The van der Waals surface area contributed by atoms with Crippen LogP contribution in [0.2, 0.25) is 0 Å². The van der Waals surface area contributed by atoms with Crippen molar-refractivity contribution in [3.63, 3.8) is 0 Å². The monoisotopic (exact) mass is 597 g/mol. The van der Waals surface area contributed by atoms with Crippen LogP contribution in [-0.4, -0.2) is 40.5 Å². The number of carbonyl (C=O) groups is 2. The number of hydrogen-bond acceptors (Lipinski definition) is 7. The number of hydrazone groups is 1. The predicted molar refractivity (Wildman–Crippen MR) is 174 cm³/mol. The molecule has 4 aliphatic rings. The van der Waals surface area contributed by atoms with E-state index in [1.807, 2.05) is 24.3 Å². The van der Waals surface area contributed by atoms with E-state index in [-0.39, 0.29) is 29.8 Å². The van der Waals surface area contributed by atoms with Crippen molar-refractivity contribution >= 4 is 23.4 Å². The Morgan fingerprint density at radius 2 is 1.84 bits per heavy atom. The van der Waals surface area contributed by atoms with Gasteiger partial charge in [-0.15, -0.1) is 10.6 Å². The number of nitrogens with one attached hydrogen (secondary N) is 4. The first kappa shape index (κ1) is 30.3. The number of benzene rings is 2. The lowest BCUT2D eigenvalue weighted by Gasteiger charge is -2.47. The number of aliphatic imine (C=N–C) groups is 1. The smallest absolute Gasteiger partial charge is 0.275 e. The van der Waals surface area contributed by atoms with Gasteiger partial charge in [-0.1, -0.05) is 70.9 Å². The quantitative estimate of drug-likeness (QED) is 0.280. The summed E-state index contributed by atoms with van der Waals surface area (Å²) >= 11 is 0. The van der Waals surface area contributed by atoms with Gasteiger partial charge in [-0.3, -0.25) is 20.0 Å². The number of nitrogens with zero attached hydrogens (tertiary/aromatic N) is 3. The van der Waals surface area contributed by atoms with Crippen LogP contribution in [0.5, 0.6) is 0 Å². The van der Waals surface area contributed by atoms with Crippen LogP contribution in [0.4, 0.5) is 0 Å². The molecule has 2 aliphatic heterocycles. The number of unbranched alkanes of at least 4 members (excludes halogenated alkanes) is 1. The molecule has 44 heavy (non-hydrogen) atoms. The first-order valence-electron chi connectivity index (χ1n) is 16.4. The van der Waals surface area contributed by atoms with Crippen LogP contribution in [0.3, 0.4) is 0 Å². The third-order valence-electron chi connectivity index (χ3n) is 9.98. The summed E-state index contributed by atoms with van der Waals surface area (Å²) < 4.78 is 0. The normalized spacial score (nSPS) is 24.0. The zero-order valence-electron chi connectivity index (χ0n) is 26.6. The van der Waals surface area contributed by atoms with Gasteiger partial charge < -0.3 is 10.2 Å². The Hall–Kier alpha value is -3.72. The Kier molecular flexibility index (Phi) is 8.51. The Balaban J connectivity index is 1.31. The summed E-state index contributed by atoms with van der Waals surface area (Å²) in [5, 5.41) is 6.90. The minimum absolute atomic E-state index is 0.0436. The van der Waals surface area contributed by atoms with Crippen LogP contribution in [0.15, 0.2) is 58.6 Å². The summed E-state index contributed by atoms with van der Waals surface area (Å²) in [6, 6.07) is 16.2. The highest BCUT2D eigenvalue weighted by Gasteiger charge is 2.52. The molecule has 0 radical (unpaired) electrons. The van der Waals surface area contributed by atoms with Gasteiger partial charge in [0.2, 0.25) is 0 Å². The fourth-order valence-electron chi connectivity index (χ4n) is 7.16. The van der Waals surface area contributed by atoms with Crippen LogP contribution in [-0.2, 0) is 4.79 Å². The number of hydrogen-bond donors (Lipinski definition) is 4. The first-order chi connectivity index (χ1) is 21.2. The topological polar surface area (TPSA) is 110 Å². The molecule has 234 valence electrons. The van der Waals surface area contributed by atoms with E-state index in [1.165, 1.54) is 18.4 Å². The average molecular weight is 598 g/mol. The maximum Gasteiger partial charge on any atom is 0.275 e. The van der Waals surface area contributed by atoms with Crippen LogP contribution >= 0.6 is 0 Å². The van der Waals surface area contributed by atoms with Crippen molar-refractivity contribution in [2.45, 2.75) is 103 Å². The largest absolute Gasteiger partial charge is 0.345 e. The standard InChI is InChI=1S/C35H47N7O2/c1-5-6-10-29(24-13-15-25(16-14-24)32(43)36-22-30-38-40-41-39-30)42-33(44)31(27-9-7-8-26(21-27)23-11-12-23)37-35(42)19-17-28(18-20-35)34(2,3)4/h7-9,13-16,21,23,28-29,40-41H,5-6,10-12,17-20,22H2,1-4H3,(H,36,43)(H,38,39)/t28?,29-,35?/m1/s1. The molecule has 9 nitrogen and oxygen atoms in total. The van der Waals surface area contributed by atoms with Crippen molar-refractivity contribution in [2.24, 2.45) is 21.4 Å². The molecule has 2 aromatic rings. The fraction of sp³-hybridized carbons (Fsp3) is 0.543. The van der Waals surface area contributed by atoms with Gasteiger partial charge in [0.15, 0.2) is 5.84 Å². The van der Waals surface area contributed by atoms with Gasteiger partial charge in [-0.05, 0) is 91.5 Å². The van der Waals surface area contributed by atoms with E-state index >= 15 is 0 Å². The molecule has 1 spiro atoms. The van der Waals surface area contributed by atoms with Crippen molar-refractivity contribution in [1.29, 1.82) is 0 Å². The second-order valence-corrected chi connectivity index (χ2v) is 14.0. The molecule has 2 aliphatic carbocycles. The molecule has 9 heteroatoms. The van der Waals surface area contributed by atoms with Crippen LogP contribution in [0.25, 0.3) is 0 Å². The molecule has 0 aromatic heterocycles. The number of hydrazine groups is 2. The van der Waals surface area contributed by atoms with Gasteiger partial charge in [0.05, 0.1) is 12.6 Å². The maximum absolute atomic E-state index is 14.6. The third-order valence-corrected chi connectivity index (χ3v) is 9.98. The molecule has 2 heterocycles. The van der Waals surface area contributed by atoms with Crippen LogP contribution in [0, 0.1) is 11.3 Å². The highest BCUT2D eigenvalue weighted by Crippen LogP contribution is 2.50. The van der Waals surface area contributed by atoms with Gasteiger partial charge in [-0.25, -0.2) is 5.53 Å². The fourth-order valence-corrected chi connectivity index (χ4v) is 7.16. The molecule has 0 saturated heterocycles. The molecular weight excluding hydrogens is 550 g/mol. The number of amidine groups is 1. The molecule has 0 bridgehead atoms. The van der Waals surface area contributed by atoms with E-state index in [0.29, 0.717) is 28.9 Å². The van der Waals surface area contributed by atoms with E-state index in [4.69, 9.17) is 4.99 Å². The second-order valence-electron chi connectivity index (χ2n) is 14.0. The van der Waals surface area contributed by atoms with E-state index in [0.717, 1.165) is 56.1 Å². The molecule has 6 rings (SSSR count). The molecule has 4 N–H and O–H groups in total. The van der Waals surface area contributed by atoms with Crippen molar-refractivity contribution in [2.75, 3.05) is 6.54 Å². The third kappa shape index (κ3) is 6.25. The summed E-state index contributed by atoms with van der Waals surface area (Å²) in [4.78, 5) is 35.1. The molecule has 2 fully saturated rings. The zero-order chi connectivity index (χ0) is 30.9. The van der Waals surface area contributed by atoms with Gasteiger partial charge in [0, 0.05) is 11.1 Å². The molecular formula is C35H47N7O2. The Labute approximate surface area is 261 Å². The lowest BCUT2D eigenvalue weighted by molar-refractivity contribution is -0.133. The van der Waals surface area contributed by atoms with Gasteiger partial charge >= 0.3 is 0 Å². The number of carbonyl (C=O) groups excluding carboxylic acids is 2. The lowest BCUT2D eigenvalue weighted by atomic mass is 9.69. The minimum atomic E-state index is -0.546. The average Bonchev–Trinajstić information content (AvgIpc) is 3.68. The summed E-state index contributed by atoms with van der Waals surface area (Å²) in [6.45, 7) is 9.47. The van der Waals surface area contributed by atoms with Crippen molar-refractivity contribution in [3.05, 3.63) is 70.8 Å². The maximum atomic E-state index is 14.6. The first-order valence-corrected chi connectivity index (χ1v) is 16.4. The Morgan fingerprint density at radius 1 is 1.09 bits per heavy atom. The van der Waals surface area contributed by atoms with Crippen LogP contribution < -0.4 is 21.8 Å². The van der Waals surface area contributed by atoms with E-state index in [9.17, 15) is 9.59 Å². The van der Waals surface area contributed by atoms with Gasteiger partial charge in [0.1, 0.15) is 11.4 Å². The number of rotatable bonds is 10. The lowest BCUT2D eigenvalue weighted by Crippen LogP contribution is -2.51. The van der Waals surface area contributed by atoms with Crippen molar-refractivity contribution in [1.82, 2.24) is 26.7 Å². The molecule has 0 unspecified atom stereocenters. The van der Waals surface area contributed by atoms with E-state index < -0.39 is 5.66 Å². The van der Waals surface area contributed by atoms with Gasteiger partial charge in [0.25, 0.3) is 11.8 Å². The Bertz CT molecular complexity index is 1430. The summed E-state index contributed by atoms with van der Waals surface area (Å²) in [5.74, 6) is 1.69. The molecule has 2 aromatic carbocycles. The summed E-state index contributed by atoms with van der Waals surface area (Å²) in [5.41, 5.74) is 12.3. The molecule has 2 amide bonds. The molecule has 2 saturated carbocycles. The predicted octanol–water partition coefficient (Wildman–Crippen LogP) is 5.72. The van der Waals surface area contributed by atoms with Gasteiger partial charge in [-0.2, -0.15) is 0 Å². The van der Waals surface area contributed by atoms with E-state index in [1.54, 1.807) is 0 Å². The van der Waals surface area contributed by atoms with Crippen molar-refractivity contribution < 1.29 is 9.59 Å². The van der Waals surface area contributed by atoms with E-state index in [2.05, 4.69) is 83.8 Å². The summed E-state index contributed by atoms with van der Waals surface area (Å²) in [6.07, 6.45) is 9.19.